The molecule has 2 fully saturated rings. The molecule has 1 N–H and O–H groups in total. The molecule has 0 bridgehead atoms. The van der Waals surface area contributed by atoms with Crippen molar-refractivity contribution < 1.29 is 4.74 Å². The summed E-state index contributed by atoms with van der Waals surface area (Å²) in [6.07, 6.45) is 8.02. The standard InChI is InChI=1S/C19H26N4O2/c24-18-14-16(21-17-6-2-5-9-23(17)18)20-15-19(7-3-1-4-8-19)22-10-12-25-13-11-22/h2,5-6,9,14,20H,1,3-4,7-8,10-13,15H2. The zero-order chi connectivity index (χ0) is 17.1. The molecular formula is C19H26N4O2. The molecule has 6 heteroatoms. The first-order valence-corrected chi connectivity index (χ1v) is 9.32. The summed E-state index contributed by atoms with van der Waals surface area (Å²) in [7, 11) is 0. The van der Waals surface area contributed by atoms with Crippen molar-refractivity contribution in [2.24, 2.45) is 0 Å². The second-order valence-electron chi connectivity index (χ2n) is 7.15. The van der Waals surface area contributed by atoms with Crippen LogP contribution in [0.4, 0.5) is 5.82 Å². The summed E-state index contributed by atoms with van der Waals surface area (Å²) in [5.41, 5.74) is 0.796. The number of nitrogens with one attached hydrogen (secondary N) is 1. The van der Waals surface area contributed by atoms with Crippen LogP contribution in [0.2, 0.25) is 0 Å². The Hall–Kier alpha value is -1.92. The number of pyridine rings is 1. The number of fused-ring (bicyclic) bond motifs is 1. The minimum Gasteiger partial charge on any atom is -0.379 e. The molecule has 0 amide bonds. The van der Waals surface area contributed by atoms with E-state index in [1.807, 2.05) is 18.2 Å². The largest absolute Gasteiger partial charge is 0.379 e. The molecule has 1 saturated carbocycles. The van der Waals surface area contributed by atoms with Crippen molar-refractivity contribution in [2.75, 3.05) is 38.2 Å². The topological polar surface area (TPSA) is 58.9 Å². The van der Waals surface area contributed by atoms with Gasteiger partial charge in [-0.1, -0.05) is 25.3 Å². The molecule has 0 radical (unpaired) electrons. The Labute approximate surface area is 147 Å². The molecule has 134 valence electrons. The van der Waals surface area contributed by atoms with Crippen molar-refractivity contribution in [3.63, 3.8) is 0 Å². The summed E-state index contributed by atoms with van der Waals surface area (Å²) in [4.78, 5) is 19.5. The van der Waals surface area contributed by atoms with E-state index in [1.165, 1.54) is 32.1 Å². The summed E-state index contributed by atoms with van der Waals surface area (Å²) in [6.45, 7) is 4.46. The van der Waals surface area contributed by atoms with Crippen LogP contribution in [0.3, 0.4) is 0 Å². The van der Waals surface area contributed by atoms with Gasteiger partial charge in [0.05, 0.1) is 13.2 Å². The third kappa shape index (κ3) is 3.41. The molecule has 3 heterocycles. The quantitative estimate of drug-likeness (QED) is 0.922. The van der Waals surface area contributed by atoms with Crippen LogP contribution in [-0.4, -0.2) is 52.7 Å². The Balaban J connectivity index is 1.55. The van der Waals surface area contributed by atoms with Crippen molar-refractivity contribution in [3.05, 3.63) is 40.8 Å². The molecule has 2 aromatic rings. The van der Waals surface area contributed by atoms with Gasteiger partial charge in [-0.15, -0.1) is 0 Å². The van der Waals surface area contributed by atoms with Gasteiger partial charge in [-0.25, -0.2) is 4.98 Å². The Morgan fingerprint density at radius 1 is 1.16 bits per heavy atom. The lowest BCUT2D eigenvalue weighted by Crippen LogP contribution is -2.58. The highest BCUT2D eigenvalue weighted by Crippen LogP contribution is 2.34. The van der Waals surface area contributed by atoms with Crippen LogP contribution in [0, 0.1) is 0 Å². The highest BCUT2D eigenvalue weighted by atomic mass is 16.5. The summed E-state index contributed by atoms with van der Waals surface area (Å²) in [5, 5.41) is 3.48. The fourth-order valence-electron chi connectivity index (χ4n) is 4.25. The van der Waals surface area contributed by atoms with E-state index in [9.17, 15) is 4.79 Å². The molecule has 4 rings (SSSR count). The van der Waals surface area contributed by atoms with Crippen molar-refractivity contribution in [1.82, 2.24) is 14.3 Å². The van der Waals surface area contributed by atoms with Crippen LogP contribution in [0.15, 0.2) is 35.3 Å². The maximum atomic E-state index is 12.3. The SMILES string of the molecule is O=c1cc(NCC2(N3CCOCC3)CCCCC2)nc2ccccn12. The zero-order valence-corrected chi connectivity index (χ0v) is 14.6. The molecule has 25 heavy (non-hydrogen) atoms. The first kappa shape index (κ1) is 16.5. The number of hydrogen-bond acceptors (Lipinski definition) is 5. The van der Waals surface area contributed by atoms with Crippen molar-refractivity contribution in [2.45, 2.75) is 37.6 Å². The summed E-state index contributed by atoms with van der Waals surface area (Å²) in [6, 6.07) is 7.22. The van der Waals surface area contributed by atoms with Crippen molar-refractivity contribution >= 4 is 11.5 Å². The van der Waals surface area contributed by atoms with E-state index >= 15 is 0 Å². The second kappa shape index (κ2) is 7.14. The lowest BCUT2D eigenvalue weighted by atomic mass is 9.79. The highest BCUT2D eigenvalue weighted by Gasteiger charge is 2.38. The van der Waals surface area contributed by atoms with Crippen LogP contribution in [0.25, 0.3) is 5.65 Å². The molecule has 2 aromatic heterocycles. The molecule has 1 saturated heterocycles. The fraction of sp³-hybridized carbons (Fsp3) is 0.579. The first-order chi connectivity index (χ1) is 12.3. The van der Waals surface area contributed by atoms with Crippen molar-refractivity contribution in [1.29, 1.82) is 0 Å². The Bertz CT molecular complexity index is 776. The van der Waals surface area contributed by atoms with Gasteiger partial charge < -0.3 is 10.1 Å². The van der Waals surface area contributed by atoms with Gasteiger partial charge in [0.25, 0.3) is 5.56 Å². The second-order valence-corrected chi connectivity index (χ2v) is 7.15. The van der Waals surface area contributed by atoms with E-state index in [0.29, 0.717) is 11.5 Å². The van der Waals surface area contributed by atoms with Gasteiger partial charge in [0.2, 0.25) is 0 Å². The molecular weight excluding hydrogens is 316 g/mol. The van der Waals surface area contributed by atoms with Gasteiger partial charge >= 0.3 is 0 Å². The Morgan fingerprint density at radius 2 is 1.96 bits per heavy atom. The molecule has 0 aromatic carbocycles. The summed E-state index contributed by atoms with van der Waals surface area (Å²) < 4.78 is 7.12. The summed E-state index contributed by atoms with van der Waals surface area (Å²) in [5.74, 6) is 0.675. The zero-order valence-electron chi connectivity index (χ0n) is 14.6. The van der Waals surface area contributed by atoms with Crippen LogP contribution < -0.4 is 10.9 Å². The van der Waals surface area contributed by atoms with Gasteiger partial charge in [-0.3, -0.25) is 14.1 Å². The van der Waals surface area contributed by atoms with E-state index in [0.717, 1.165) is 32.8 Å². The van der Waals surface area contributed by atoms with Gasteiger partial charge in [-0.2, -0.15) is 0 Å². The first-order valence-electron chi connectivity index (χ1n) is 9.32. The van der Waals surface area contributed by atoms with Crippen LogP contribution >= 0.6 is 0 Å². The number of aromatic nitrogens is 2. The van der Waals surface area contributed by atoms with Crippen LogP contribution in [-0.2, 0) is 4.74 Å². The lowest BCUT2D eigenvalue weighted by molar-refractivity contribution is -0.0318. The minimum atomic E-state index is -0.0443. The molecule has 2 aliphatic rings. The maximum Gasteiger partial charge on any atom is 0.259 e. The summed E-state index contributed by atoms with van der Waals surface area (Å²) >= 11 is 0. The van der Waals surface area contributed by atoms with Gasteiger partial charge in [-0.05, 0) is 25.0 Å². The predicted molar refractivity (Wildman–Crippen MR) is 98.2 cm³/mol. The van der Waals surface area contributed by atoms with E-state index < -0.39 is 0 Å². The van der Waals surface area contributed by atoms with Gasteiger partial charge in [0.15, 0.2) is 0 Å². The molecule has 1 aliphatic heterocycles. The van der Waals surface area contributed by atoms with E-state index in [1.54, 1.807) is 16.7 Å². The predicted octanol–water partition coefficient (Wildman–Crippen LogP) is 2.14. The molecule has 1 aliphatic carbocycles. The molecule has 0 atom stereocenters. The van der Waals surface area contributed by atoms with Crippen molar-refractivity contribution in [3.8, 4) is 0 Å². The maximum absolute atomic E-state index is 12.3. The molecule has 0 spiro atoms. The number of nitrogens with zero attached hydrogens (tertiary/aromatic N) is 3. The average molecular weight is 342 g/mol. The van der Waals surface area contributed by atoms with Crippen LogP contribution in [0.1, 0.15) is 32.1 Å². The van der Waals surface area contributed by atoms with Gasteiger partial charge in [0, 0.05) is 37.4 Å². The van der Waals surface area contributed by atoms with Crippen LogP contribution in [0.5, 0.6) is 0 Å². The Morgan fingerprint density at radius 3 is 2.76 bits per heavy atom. The lowest BCUT2D eigenvalue weighted by Gasteiger charge is -2.48. The third-order valence-corrected chi connectivity index (χ3v) is 5.64. The normalized spacial score (nSPS) is 21.3. The number of anilines is 1. The number of morpholine rings is 1. The third-order valence-electron chi connectivity index (χ3n) is 5.64. The monoisotopic (exact) mass is 342 g/mol. The number of rotatable bonds is 4. The highest BCUT2D eigenvalue weighted by molar-refractivity contribution is 5.46. The molecule has 6 nitrogen and oxygen atoms in total. The van der Waals surface area contributed by atoms with E-state index in [2.05, 4.69) is 15.2 Å². The minimum absolute atomic E-state index is 0.0443. The Kier molecular flexibility index (Phi) is 4.72. The average Bonchev–Trinajstić information content (AvgIpc) is 2.68. The van der Waals surface area contributed by atoms with E-state index in [-0.39, 0.29) is 11.1 Å². The number of ether oxygens (including phenoxy) is 1. The smallest absolute Gasteiger partial charge is 0.259 e. The fourth-order valence-corrected chi connectivity index (χ4v) is 4.25. The number of hydrogen-bond donors (Lipinski definition) is 1. The van der Waals surface area contributed by atoms with Gasteiger partial charge in [0.1, 0.15) is 11.5 Å². The van der Waals surface area contributed by atoms with E-state index in [4.69, 9.17) is 4.74 Å². The molecule has 0 unspecified atom stereocenters.